The van der Waals surface area contributed by atoms with Gasteiger partial charge in [0.1, 0.15) is 5.01 Å². The number of fused-ring (bicyclic) bond motifs is 1. The normalized spacial score (nSPS) is 15.4. The molecule has 0 N–H and O–H groups in total. The van der Waals surface area contributed by atoms with Crippen LogP contribution >= 0.6 is 11.3 Å². The van der Waals surface area contributed by atoms with E-state index in [0.29, 0.717) is 13.0 Å². The van der Waals surface area contributed by atoms with Crippen LogP contribution in [0.1, 0.15) is 46.6 Å². The summed E-state index contributed by atoms with van der Waals surface area (Å²) in [6, 6.07) is 0. The fourth-order valence-electron chi connectivity index (χ4n) is 1.68. The SMILES string of the molecule is CCCOCc1nc2c(s1)C(=O)CCC2. The summed E-state index contributed by atoms with van der Waals surface area (Å²) in [7, 11) is 0. The second-order valence-electron chi connectivity index (χ2n) is 3.71. The molecule has 2 rings (SSSR count). The summed E-state index contributed by atoms with van der Waals surface area (Å²) < 4.78 is 5.42. The maximum absolute atomic E-state index is 11.6. The van der Waals surface area contributed by atoms with Gasteiger partial charge >= 0.3 is 0 Å². The predicted molar refractivity (Wildman–Crippen MR) is 59.3 cm³/mol. The zero-order valence-electron chi connectivity index (χ0n) is 8.91. The topological polar surface area (TPSA) is 39.2 Å². The van der Waals surface area contributed by atoms with Crippen molar-refractivity contribution in [2.24, 2.45) is 0 Å². The Morgan fingerprint density at radius 3 is 3.07 bits per heavy atom. The Morgan fingerprint density at radius 2 is 2.33 bits per heavy atom. The molecule has 0 atom stereocenters. The molecule has 0 fully saturated rings. The summed E-state index contributed by atoms with van der Waals surface area (Å²) in [6.07, 6.45) is 3.60. The van der Waals surface area contributed by atoms with E-state index in [2.05, 4.69) is 11.9 Å². The second kappa shape index (κ2) is 4.86. The van der Waals surface area contributed by atoms with Crippen molar-refractivity contribution < 1.29 is 9.53 Å². The van der Waals surface area contributed by atoms with Crippen molar-refractivity contribution in [3.63, 3.8) is 0 Å². The molecule has 0 unspecified atom stereocenters. The van der Waals surface area contributed by atoms with E-state index in [-0.39, 0.29) is 5.78 Å². The summed E-state index contributed by atoms with van der Waals surface area (Å²) in [4.78, 5) is 16.9. The quantitative estimate of drug-likeness (QED) is 0.739. The number of nitrogens with zero attached hydrogens (tertiary/aromatic N) is 1. The van der Waals surface area contributed by atoms with Gasteiger partial charge in [-0.05, 0) is 19.3 Å². The van der Waals surface area contributed by atoms with Crippen molar-refractivity contribution in [1.82, 2.24) is 4.98 Å². The molecule has 0 spiro atoms. The first-order valence-electron chi connectivity index (χ1n) is 5.40. The zero-order valence-corrected chi connectivity index (χ0v) is 9.73. The van der Waals surface area contributed by atoms with Gasteiger partial charge < -0.3 is 4.74 Å². The standard InChI is InChI=1S/C11H15NO2S/c1-2-6-14-7-10-12-8-4-3-5-9(13)11(8)15-10/h2-7H2,1H3. The lowest BCUT2D eigenvalue weighted by atomic mass is 10.0. The fraction of sp³-hybridized carbons (Fsp3) is 0.636. The first-order valence-corrected chi connectivity index (χ1v) is 6.22. The number of ether oxygens (including phenoxy) is 1. The number of rotatable bonds is 4. The van der Waals surface area contributed by atoms with Gasteiger partial charge in [-0.1, -0.05) is 6.92 Å². The highest BCUT2D eigenvalue weighted by Crippen LogP contribution is 2.26. The highest BCUT2D eigenvalue weighted by atomic mass is 32.1. The minimum atomic E-state index is 0.260. The highest BCUT2D eigenvalue weighted by Gasteiger charge is 2.21. The molecule has 1 aromatic rings. The minimum Gasteiger partial charge on any atom is -0.374 e. The molecule has 1 aromatic heterocycles. The summed E-state index contributed by atoms with van der Waals surface area (Å²) in [5, 5.41) is 0.948. The van der Waals surface area contributed by atoms with Gasteiger partial charge in [0.05, 0.1) is 17.2 Å². The number of hydrogen-bond acceptors (Lipinski definition) is 4. The van der Waals surface area contributed by atoms with Crippen LogP contribution in [0.25, 0.3) is 0 Å². The van der Waals surface area contributed by atoms with Crippen molar-refractivity contribution >= 4 is 17.1 Å². The lowest BCUT2D eigenvalue weighted by Gasteiger charge is -2.06. The van der Waals surface area contributed by atoms with Crippen LogP contribution in [0.4, 0.5) is 0 Å². The van der Waals surface area contributed by atoms with Crippen LogP contribution in [0.5, 0.6) is 0 Å². The van der Waals surface area contributed by atoms with E-state index in [1.54, 1.807) is 0 Å². The van der Waals surface area contributed by atoms with Crippen LogP contribution in [0.3, 0.4) is 0 Å². The molecular formula is C11H15NO2S. The van der Waals surface area contributed by atoms with E-state index < -0.39 is 0 Å². The summed E-state index contributed by atoms with van der Waals surface area (Å²) >= 11 is 1.51. The van der Waals surface area contributed by atoms with E-state index in [0.717, 1.165) is 41.4 Å². The summed E-state index contributed by atoms with van der Waals surface area (Å²) in [5.41, 5.74) is 0.992. The molecule has 0 bridgehead atoms. The molecule has 15 heavy (non-hydrogen) atoms. The van der Waals surface area contributed by atoms with Crippen LogP contribution < -0.4 is 0 Å². The molecule has 1 aliphatic rings. The van der Waals surface area contributed by atoms with E-state index in [9.17, 15) is 4.79 Å². The Balaban J connectivity index is 2.05. The van der Waals surface area contributed by atoms with Gasteiger partial charge in [-0.2, -0.15) is 0 Å². The van der Waals surface area contributed by atoms with Crippen molar-refractivity contribution in [2.75, 3.05) is 6.61 Å². The molecule has 0 aliphatic heterocycles. The lowest BCUT2D eigenvalue weighted by Crippen LogP contribution is -2.07. The van der Waals surface area contributed by atoms with Gasteiger partial charge in [-0.15, -0.1) is 11.3 Å². The number of aromatic nitrogens is 1. The minimum absolute atomic E-state index is 0.260. The molecule has 1 heterocycles. The lowest BCUT2D eigenvalue weighted by molar-refractivity contribution is 0.0976. The van der Waals surface area contributed by atoms with Gasteiger partial charge in [0.25, 0.3) is 0 Å². The van der Waals surface area contributed by atoms with E-state index in [1.165, 1.54) is 11.3 Å². The zero-order chi connectivity index (χ0) is 10.7. The number of aryl methyl sites for hydroxylation is 1. The van der Waals surface area contributed by atoms with Gasteiger partial charge in [-0.25, -0.2) is 4.98 Å². The molecule has 1 aliphatic carbocycles. The molecule has 0 saturated heterocycles. The number of thiazole rings is 1. The third-order valence-electron chi connectivity index (χ3n) is 2.39. The number of carbonyl (C=O) groups excluding carboxylic acids is 1. The maximum Gasteiger partial charge on any atom is 0.174 e. The number of ketones is 1. The molecule has 4 heteroatoms. The second-order valence-corrected chi connectivity index (χ2v) is 4.80. The summed E-state index contributed by atoms with van der Waals surface area (Å²) in [5.74, 6) is 0.260. The smallest absolute Gasteiger partial charge is 0.174 e. The van der Waals surface area contributed by atoms with E-state index >= 15 is 0 Å². The number of carbonyl (C=O) groups is 1. The van der Waals surface area contributed by atoms with Crippen LogP contribution in [0.2, 0.25) is 0 Å². The van der Waals surface area contributed by atoms with Crippen molar-refractivity contribution in [3.05, 3.63) is 15.6 Å². The Hall–Kier alpha value is -0.740. The van der Waals surface area contributed by atoms with Gasteiger partial charge in [0.15, 0.2) is 5.78 Å². The first kappa shape index (κ1) is 10.8. The Kier molecular flexibility index (Phi) is 3.49. The maximum atomic E-state index is 11.6. The van der Waals surface area contributed by atoms with Crippen LogP contribution in [-0.2, 0) is 17.8 Å². The number of hydrogen-bond donors (Lipinski definition) is 0. The van der Waals surface area contributed by atoms with Crippen LogP contribution in [0.15, 0.2) is 0 Å². The van der Waals surface area contributed by atoms with E-state index in [4.69, 9.17) is 4.74 Å². The average Bonchev–Trinajstić information content (AvgIpc) is 2.63. The highest BCUT2D eigenvalue weighted by molar-refractivity contribution is 7.13. The van der Waals surface area contributed by atoms with Crippen molar-refractivity contribution in [3.8, 4) is 0 Å². The van der Waals surface area contributed by atoms with Gasteiger partial charge in [0.2, 0.25) is 0 Å². The molecule has 0 saturated carbocycles. The molecule has 82 valence electrons. The Bertz CT molecular complexity index is 359. The van der Waals surface area contributed by atoms with Gasteiger partial charge in [-0.3, -0.25) is 4.79 Å². The Morgan fingerprint density at radius 1 is 1.47 bits per heavy atom. The fourth-order valence-corrected chi connectivity index (χ4v) is 2.70. The van der Waals surface area contributed by atoms with Crippen molar-refractivity contribution in [2.45, 2.75) is 39.2 Å². The predicted octanol–water partition coefficient (Wildman–Crippen LogP) is 2.59. The van der Waals surface area contributed by atoms with Crippen LogP contribution in [-0.4, -0.2) is 17.4 Å². The monoisotopic (exact) mass is 225 g/mol. The third kappa shape index (κ3) is 2.44. The molecular weight excluding hydrogens is 210 g/mol. The third-order valence-corrected chi connectivity index (χ3v) is 3.50. The van der Waals surface area contributed by atoms with E-state index in [1.807, 2.05) is 0 Å². The molecule has 0 radical (unpaired) electrons. The number of Topliss-reactive ketones (excluding diaryl/α,β-unsaturated/α-hetero) is 1. The largest absolute Gasteiger partial charge is 0.374 e. The molecule has 3 nitrogen and oxygen atoms in total. The molecule has 0 amide bonds. The molecule has 0 aromatic carbocycles. The van der Waals surface area contributed by atoms with Crippen molar-refractivity contribution in [1.29, 1.82) is 0 Å². The van der Waals surface area contributed by atoms with Gasteiger partial charge in [0, 0.05) is 13.0 Å². The summed E-state index contributed by atoms with van der Waals surface area (Å²) in [6.45, 7) is 3.40. The average molecular weight is 225 g/mol. The first-order chi connectivity index (χ1) is 7.31. The Labute approximate surface area is 93.5 Å². The van der Waals surface area contributed by atoms with Crippen LogP contribution in [0, 0.1) is 0 Å².